The van der Waals surface area contributed by atoms with E-state index < -0.39 is 5.97 Å². The lowest BCUT2D eigenvalue weighted by Gasteiger charge is -2.10. The maximum Gasteiger partial charge on any atom is 0.392 e. The first-order valence-electron chi connectivity index (χ1n) is 9.34. The first kappa shape index (κ1) is 18.1. The molecule has 6 nitrogen and oxygen atoms in total. The van der Waals surface area contributed by atoms with Crippen molar-refractivity contribution in [1.82, 2.24) is 14.5 Å². The molecule has 2 aromatic carbocycles. The molecule has 0 aliphatic carbocycles. The molecule has 148 valence electrons. The van der Waals surface area contributed by atoms with Crippen molar-refractivity contribution in [2.45, 2.75) is 13.5 Å². The number of pyridine rings is 1. The van der Waals surface area contributed by atoms with Crippen LogP contribution in [0.5, 0.6) is 0 Å². The second-order valence-corrected chi connectivity index (χ2v) is 7.02. The minimum atomic E-state index is -1.24. The molecule has 0 atom stereocenters. The maximum atomic E-state index is 14.3. The first-order valence-corrected chi connectivity index (χ1v) is 9.34. The van der Waals surface area contributed by atoms with E-state index in [1.165, 1.54) is 12.3 Å². The van der Waals surface area contributed by atoms with Gasteiger partial charge in [0.15, 0.2) is 5.76 Å². The third-order valence-corrected chi connectivity index (χ3v) is 5.15. The fourth-order valence-corrected chi connectivity index (χ4v) is 3.85. The second-order valence-electron chi connectivity index (χ2n) is 7.02. The summed E-state index contributed by atoms with van der Waals surface area (Å²) in [5.41, 5.74) is 3.66. The number of carboxylic acids is 1. The minimum absolute atomic E-state index is 0.256. The van der Waals surface area contributed by atoms with E-state index in [1.54, 1.807) is 12.1 Å². The summed E-state index contributed by atoms with van der Waals surface area (Å²) in [6.45, 7) is 2.24. The summed E-state index contributed by atoms with van der Waals surface area (Å²) in [5.74, 6) is -1.59. The number of oxazole rings is 1. The van der Waals surface area contributed by atoms with Gasteiger partial charge in [0.05, 0.1) is 24.0 Å². The molecule has 5 aromatic rings. The van der Waals surface area contributed by atoms with E-state index in [0.29, 0.717) is 17.8 Å². The van der Waals surface area contributed by atoms with Crippen LogP contribution in [0.15, 0.2) is 65.2 Å². The highest BCUT2D eigenvalue weighted by Crippen LogP contribution is 2.34. The molecular weight excluding hydrogens is 385 g/mol. The Labute approximate surface area is 170 Å². The SMILES string of the molecule is Cc1nc(-c2cnc(C(=O)O)o2)cc2c3ccccc3n(Cc3ccccc3F)c12. The van der Waals surface area contributed by atoms with Crippen molar-refractivity contribution in [2.24, 2.45) is 0 Å². The Hall–Kier alpha value is -4.00. The van der Waals surface area contributed by atoms with Crippen LogP contribution in [0.3, 0.4) is 0 Å². The Kier molecular flexibility index (Phi) is 4.10. The third-order valence-electron chi connectivity index (χ3n) is 5.15. The number of carbonyl (C=O) groups is 1. The summed E-state index contributed by atoms with van der Waals surface area (Å²) >= 11 is 0. The smallest absolute Gasteiger partial charge is 0.392 e. The van der Waals surface area contributed by atoms with E-state index in [9.17, 15) is 9.18 Å². The number of halogens is 1. The van der Waals surface area contributed by atoms with Gasteiger partial charge in [0.2, 0.25) is 0 Å². The number of benzene rings is 2. The summed E-state index contributed by atoms with van der Waals surface area (Å²) in [6.07, 6.45) is 1.36. The predicted octanol–water partition coefficient (Wildman–Crippen LogP) is 5.04. The summed E-state index contributed by atoms with van der Waals surface area (Å²) in [5, 5.41) is 11.0. The number of fused-ring (bicyclic) bond motifs is 3. The van der Waals surface area contributed by atoms with Crippen LogP contribution in [0.2, 0.25) is 0 Å². The fourth-order valence-electron chi connectivity index (χ4n) is 3.85. The highest BCUT2D eigenvalue weighted by Gasteiger charge is 2.19. The van der Waals surface area contributed by atoms with Gasteiger partial charge in [-0.05, 0) is 25.1 Å². The van der Waals surface area contributed by atoms with E-state index in [0.717, 1.165) is 27.5 Å². The molecule has 0 bridgehead atoms. The fraction of sp³-hybridized carbons (Fsp3) is 0.0870. The molecular formula is C23H16FN3O3. The Morgan fingerprint density at radius 2 is 1.90 bits per heavy atom. The van der Waals surface area contributed by atoms with E-state index >= 15 is 0 Å². The molecule has 7 heteroatoms. The topological polar surface area (TPSA) is 81.2 Å². The molecule has 30 heavy (non-hydrogen) atoms. The lowest BCUT2D eigenvalue weighted by molar-refractivity contribution is 0.0654. The lowest BCUT2D eigenvalue weighted by Crippen LogP contribution is -2.03. The lowest BCUT2D eigenvalue weighted by atomic mass is 10.1. The summed E-state index contributed by atoms with van der Waals surface area (Å²) in [7, 11) is 0. The van der Waals surface area contributed by atoms with Crippen molar-refractivity contribution >= 4 is 27.8 Å². The molecule has 0 saturated carbocycles. The third kappa shape index (κ3) is 2.83. The molecule has 3 heterocycles. The summed E-state index contributed by atoms with van der Waals surface area (Å²) < 4.78 is 21.7. The zero-order valence-electron chi connectivity index (χ0n) is 16.0. The molecule has 1 N–H and O–H groups in total. The van der Waals surface area contributed by atoms with Crippen molar-refractivity contribution in [1.29, 1.82) is 0 Å². The average Bonchev–Trinajstić information content (AvgIpc) is 3.34. The zero-order valence-corrected chi connectivity index (χ0v) is 16.0. The van der Waals surface area contributed by atoms with Crippen LogP contribution >= 0.6 is 0 Å². The predicted molar refractivity (Wildman–Crippen MR) is 110 cm³/mol. The van der Waals surface area contributed by atoms with Crippen LogP contribution in [0, 0.1) is 12.7 Å². The van der Waals surface area contributed by atoms with Gasteiger partial charge >= 0.3 is 11.9 Å². The van der Waals surface area contributed by atoms with E-state index in [-0.39, 0.29) is 17.5 Å². The first-order chi connectivity index (χ1) is 14.5. The molecule has 0 aliphatic heterocycles. The van der Waals surface area contributed by atoms with Crippen molar-refractivity contribution in [3.63, 3.8) is 0 Å². The van der Waals surface area contributed by atoms with Crippen LogP contribution < -0.4 is 0 Å². The van der Waals surface area contributed by atoms with E-state index in [4.69, 9.17) is 9.52 Å². The van der Waals surface area contributed by atoms with Gasteiger partial charge in [-0.25, -0.2) is 19.2 Å². The minimum Gasteiger partial charge on any atom is -0.474 e. The van der Waals surface area contributed by atoms with Crippen LogP contribution in [0.1, 0.15) is 21.9 Å². The molecule has 3 aromatic heterocycles. The van der Waals surface area contributed by atoms with Crippen molar-refractivity contribution < 1.29 is 18.7 Å². The molecule has 0 unspecified atom stereocenters. The number of aryl methyl sites for hydroxylation is 1. The number of nitrogens with zero attached hydrogens (tertiary/aromatic N) is 3. The maximum absolute atomic E-state index is 14.3. The normalized spacial score (nSPS) is 11.4. The zero-order chi connectivity index (χ0) is 20.8. The Morgan fingerprint density at radius 3 is 2.67 bits per heavy atom. The number of hydrogen-bond donors (Lipinski definition) is 1. The highest BCUT2D eigenvalue weighted by molar-refractivity contribution is 6.09. The second kappa shape index (κ2) is 6.81. The summed E-state index contributed by atoms with van der Waals surface area (Å²) in [4.78, 5) is 19.5. The molecule has 0 saturated heterocycles. The van der Waals surface area contributed by atoms with Crippen molar-refractivity contribution in [3.8, 4) is 11.5 Å². The Balaban J connectivity index is 1.75. The van der Waals surface area contributed by atoms with Crippen LogP contribution in [-0.4, -0.2) is 25.6 Å². The van der Waals surface area contributed by atoms with Crippen LogP contribution in [0.25, 0.3) is 33.3 Å². The van der Waals surface area contributed by atoms with Gasteiger partial charge in [-0.15, -0.1) is 0 Å². The molecule has 5 rings (SSSR count). The largest absolute Gasteiger partial charge is 0.474 e. The number of hydrogen-bond acceptors (Lipinski definition) is 4. The molecule has 0 aliphatic rings. The molecule has 0 spiro atoms. The van der Waals surface area contributed by atoms with E-state index in [1.807, 2.05) is 43.3 Å². The monoisotopic (exact) mass is 401 g/mol. The van der Waals surface area contributed by atoms with Gasteiger partial charge in [0.25, 0.3) is 0 Å². The van der Waals surface area contributed by atoms with Crippen LogP contribution in [0.4, 0.5) is 4.39 Å². The molecule has 0 fully saturated rings. The van der Waals surface area contributed by atoms with Crippen LogP contribution in [-0.2, 0) is 6.54 Å². The van der Waals surface area contributed by atoms with Crippen molar-refractivity contribution in [3.05, 3.63) is 83.8 Å². The van der Waals surface area contributed by atoms with Gasteiger partial charge in [-0.1, -0.05) is 36.4 Å². The van der Waals surface area contributed by atoms with E-state index in [2.05, 4.69) is 14.5 Å². The van der Waals surface area contributed by atoms with Gasteiger partial charge in [0.1, 0.15) is 11.5 Å². The molecule has 0 amide bonds. The highest BCUT2D eigenvalue weighted by atomic mass is 19.1. The van der Waals surface area contributed by atoms with Gasteiger partial charge in [-0.2, -0.15) is 0 Å². The summed E-state index contributed by atoms with van der Waals surface area (Å²) in [6, 6.07) is 16.5. The van der Waals surface area contributed by atoms with Gasteiger partial charge < -0.3 is 14.1 Å². The molecule has 0 radical (unpaired) electrons. The quantitative estimate of drug-likeness (QED) is 0.456. The number of para-hydroxylation sites is 1. The van der Waals surface area contributed by atoms with Gasteiger partial charge in [-0.3, -0.25) is 0 Å². The Bertz CT molecular complexity index is 1430. The number of carboxylic acid groups (broad SMARTS) is 1. The standard InChI is InChI=1S/C23H16FN3O3/c1-13-21-16(10-18(26-13)20-11-25-22(30-20)23(28)29)15-7-3-5-9-19(15)27(21)12-14-6-2-4-8-17(14)24/h2-11H,12H2,1H3,(H,28,29). The van der Waals surface area contributed by atoms with Gasteiger partial charge in [0, 0.05) is 21.9 Å². The number of rotatable bonds is 4. The number of aromatic carboxylic acids is 1. The average molecular weight is 401 g/mol. The van der Waals surface area contributed by atoms with Crippen molar-refractivity contribution in [2.75, 3.05) is 0 Å². The Morgan fingerprint density at radius 1 is 1.13 bits per heavy atom. The number of aromatic nitrogens is 3.